The van der Waals surface area contributed by atoms with Gasteiger partial charge >= 0.3 is 0 Å². The third-order valence-corrected chi connectivity index (χ3v) is 3.91. The van der Waals surface area contributed by atoms with Gasteiger partial charge in [0.2, 0.25) is 5.91 Å². The number of hydrogen-bond acceptors (Lipinski definition) is 6. The zero-order valence-corrected chi connectivity index (χ0v) is 13.8. The molecule has 2 heterocycles. The Morgan fingerprint density at radius 3 is 2.73 bits per heavy atom. The predicted molar refractivity (Wildman–Crippen MR) is 84.5 cm³/mol. The molecule has 0 radical (unpaired) electrons. The van der Waals surface area contributed by atoms with Gasteiger partial charge in [0.25, 0.3) is 0 Å². The van der Waals surface area contributed by atoms with E-state index in [9.17, 15) is 4.79 Å². The average Bonchev–Trinajstić information content (AvgIpc) is 2.95. The molecule has 0 aliphatic carbocycles. The fraction of sp³-hybridized carbons (Fsp3) is 0.500. The molecular weight excluding hydrogens is 300 g/mol. The van der Waals surface area contributed by atoms with Crippen molar-refractivity contribution in [2.24, 2.45) is 0 Å². The lowest BCUT2D eigenvalue weighted by atomic mass is 10.4. The lowest BCUT2D eigenvalue weighted by molar-refractivity contribution is -0.120. The highest BCUT2D eigenvalue weighted by Crippen LogP contribution is 2.20. The molecule has 7 nitrogen and oxygen atoms in total. The third kappa shape index (κ3) is 5.10. The molecule has 8 heteroatoms. The summed E-state index contributed by atoms with van der Waals surface area (Å²) in [7, 11) is 0. The van der Waals surface area contributed by atoms with Crippen LogP contribution in [0.3, 0.4) is 0 Å². The van der Waals surface area contributed by atoms with E-state index in [1.54, 1.807) is 17.1 Å². The van der Waals surface area contributed by atoms with E-state index < -0.39 is 0 Å². The molecule has 0 bridgehead atoms. The van der Waals surface area contributed by atoms with Gasteiger partial charge < -0.3 is 5.32 Å². The first kappa shape index (κ1) is 16.4. The highest BCUT2D eigenvalue weighted by molar-refractivity contribution is 8.00. The largest absolute Gasteiger partial charge is 0.355 e. The molecule has 0 saturated heterocycles. The third-order valence-electron chi connectivity index (χ3n) is 2.95. The van der Waals surface area contributed by atoms with Gasteiger partial charge in [-0.25, -0.2) is 9.97 Å². The van der Waals surface area contributed by atoms with Gasteiger partial charge in [0.1, 0.15) is 0 Å². The molecule has 0 aliphatic rings. The Balaban J connectivity index is 1.74. The zero-order valence-electron chi connectivity index (χ0n) is 13.0. The van der Waals surface area contributed by atoms with Gasteiger partial charge in [-0.3, -0.25) is 9.48 Å². The van der Waals surface area contributed by atoms with Crippen molar-refractivity contribution in [3.63, 3.8) is 0 Å². The van der Waals surface area contributed by atoms with Crippen molar-refractivity contribution in [3.05, 3.63) is 29.8 Å². The topological polar surface area (TPSA) is 85.6 Å². The number of amides is 1. The lowest BCUT2D eigenvalue weighted by Crippen LogP contribution is -2.32. The Morgan fingerprint density at radius 2 is 2.09 bits per heavy atom. The molecule has 1 unspecified atom stereocenters. The van der Waals surface area contributed by atoms with Gasteiger partial charge in [0, 0.05) is 30.7 Å². The van der Waals surface area contributed by atoms with Crippen LogP contribution < -0.4 is 5.32 Å². The molecule has 0 saturated carbocycles. The van der Waals surface area contributed by atoms with Gasteiger partial charge in [-0.2, -0.15) is 0 Å². The molecule has 22 heavy (non-hydrogen) atoms. The Morgan fingerprint density at radius 1 is 1.36 bits per heavy atom. The Labute approximate surface area is 133 Å². The first-order chi connectivity index (χ1) is 10.5. The average molecular weight is 320 g/mol. The van der Waals surface area contributed by atoms with Crippen LogP contribution in [0.2, 0.25) is 0 Å². The smallest absolute Gasteiger partial charge is 0.233 e. The fourth-order valence-corrected chi connectivity index (χ4v) is 2.81. The second-order valence-corrected chi connectivity index (χ2v) is 6.31. The minimum atomic E-state index is -0.229. The van der Waals surface area contributed by atoms with E-state index >= 15 is 0 Å². The van der Waals surface area contributed by atoms with Crippen molar-refractivity contribution in [3.8, 4) is 0 Å². The van der Waals surface area contributed by atoms with Gasteiger partial charge in [-0.1, -0.05) is 17.0 Å². The Hall–Kier alpha value is -1.96. The monoisotopic (exact) mass is 320 g/mol. The molecule has 118 valence electrons. The maximum Gasteiger partial charge on any atom is 0.233 e. The number of nitrogens with one attached hydrogen (secondary N) is 1. The molecule has 1 atom stereocenters. The lowest BCUT2D eigenvalue weighted by Gasteiger charge is -2.11. The van der Waals surface area contributed by atoms with Crippen molar-refractivity contribution < 1.29 is 4.79 Å². The first-order valence-electron chi connectivity index (χ1n) is 7.15. The van der Waals surface area contributed by atoms with Crippen LogP contribution in [0.15, 0.2) is 23.6 Å². The van der Waals surface area contributed by atoms with Gasteiger partial charge in [-0.15, -0.1) is 5.10 Å². The minimum absolute atomic E-state index is 0.00801. The van der Waals surface area contributed by atoms with E-state index in [1.165, 1.54) is 11.8 Å². The van der Waals surface area contributed by atoms with E-state index in [1.807, 2.05) is 26.8 Å². The summed E-state index contributed by atoms with van der Waals surface area (Å²) in [6, 6.07) is 1.92. The number of rotatable bonds is 7. The van der Waals surface area contributed by atoms with E-state index in [4.69, 9.17) is 0 Å². The molecule has 1 N–H and O–H groups in total. The van der Waals surface area contributed by atoms with Crippen molar-refractivity contribution in [2.45, 2.75) is 44.1 Å². The van der Waals surface area contributed by atoms with Crippen molar-refractivity contribution in [1.82, 2.24) is 30.3 Å². The van der Waals surface area contributed by atoms with E-state index in [0.29, 0.717) is 11.7 Å². The first-order valence-corrected chi connectivity index (χ1v) is 8.03. The molecule has 1 amide bonds. The van der Waals surface area contributed by atoms with Gasteiger partial charge in [0.15, 0.2) is 5.16 Å². The summed E-state index contributed by atoms with van der Waals surface area (Å²) in [4.78, 5) is 20.7. The van der Waals surface area contributed by atoms with E-state index in [0.717, 1.165) is 24.4 Å². The highest BCUT2D eigenvalue weighted by Gasteiger charge is 2.15. The number of hydrogen-bond donors (Lipinski definition) is 1. The van der Waals surface area contributed by atoms with Gasteiger partial charge in [-0.05, 0) is 33.3 Å². The van der Waals surface area contributed by atoms with Crippen LogP contribution in [-0.4, -0.2) is 42.7 Å². The second kappa shape index (κ2) is 7.88. The molecule has 2 rings (SSSR count). The SMILES string of the molecule is Cc1cc(C)nc(SC(C)C(=O)NCCCn2ccnn2)n1. The number of aryl methyl sites for hydroxylation is 3. The van der Waals surface area contributed by atoms with E-state index in [-0.39, 0.29) is 11.2 Å². The number of carbonyl (C=O) groups is 1. The van der Waals surface area contributed by atoms with Gasteiger partial charge in [0.05, 0.1) is 11.4 Å². The molecule has 2 aromatic heterocycles. The summed E-state index contributed by atoms with van der Waals surface area (Å²) in [6.07, 6.45) is 4.26. The molecular formula is C14H20N6OS. The van der Waals surface area contributed by atoms with Crippen molar-refractivity contribution in [2.75, 3.05) is 6.54 Å². The predicted octanol–water partition coefficient (Wildman–Crippen LogP) is 1.37. The van der Waals surface area contributed by atoms with Crippen molar-refractivity contribution in [1.29, 1.82) is 0 Å². The highest BCUT2D eigenvalue weighted by atomic mass is 32.2. The molecule has 0 aromatic carbocycles. The summed E-state index contributed by atoms with van der Waals surface area (Å²) in [5, 5.41) is 10.9. The quantitative estimate of drug-likeness (QED) is 0.471. The summed E-state index contributed by atoms with van der Waals surface area (Å²) < 4.78 is 1.74. The maximum atomic E-state index is 12.1. The van der Waals surface area contributed by atoms with Crippen LogP contribution in [0, 0.1) is 13.8 Å². The Kier molecular flexibility index (Phi) is 5.88. The van der Waals surface area contributed by atoms with Crippen LogP contribution in [0.5, 0.6) is 0 Å². The summed E-state index contributed by atoms with van der Waals surface area (Å²) >= 11 is 1.37. The number of carbonyl (C=O) groups excluding carboxylic acids is 1. The molecule has 0 spiro atoms. The summed E-state index contributed by atoms with van der Waals surface area (Å²) in [5.41, 5.74) is 1.82. The summed E-state index contributed by atoms with van der Waals surface area (Å²) in [5.74, 6) is -0.00801. The van der Waals surface area contributed by atoms with Crippen LogP contribution in [-0.2, 0) is 11.3 Å². The minimum Gasteiger partial charge on any atom is -0.355 e. The zero-order chi connectivity index (χ0) is 15.9. The number of aromatic nitrogens is 5. The maximum absolute atomic E-state index is 12.1. The second-order valence-electron chi connectivity index (χ2n) is 5.00. The molecule has 0 aliphatic heterocycles. The van der Waals surface area contributed by atoms with E-state index in [2.05, 4.69) is 25.6 Å². The number of nitrogens with zero attached hydrogens (tertiary/aromatic N) is 5. The van der Waals surface area contributed by atoms with Crippen LogP contribution in [0.4, 0.5) is 0 Å². The van der Waals surface area contributed by atoms with Crippen LogP contribution >= 0.6 is 11.8 Å². The standard InChI is InChI=1S/C14H20N6OS/c1-10-9-11(2)18-14(17-10)22-12(3)13(21)15-5-4-7-20-8-6-16-19-20/h6,8-9,12H,4-5,7H2,1-3H3,(H,15,21). The molecule has 2 aromatic rings. The number of thioether (sulfide) groups is 1. The fourth-order valence-electron chi connectivity index (χ4n) is 1.91. The van der Waals surface area contributed by atoms with Crippen LogP contribution in [0.25, 0.3) is 0 Å². The van der Waals surface area contributed by atoms with Crippen molar-refractivity contribution >= 4 is 17.7 Å². The summed E-state index contributed by atoms with van der Waals surface area (Å²) in [6.45, 7) is 7.05. The normalized spacial score (nSPS) is 12.1. The molecule has 0 fully saturated rings. The Bertz CT molecular complexity index is 596. The van der Waals surface area contributed by atoms with Crippen LogP contribution in [0.1, 0.15) is 24.7 Å².